The molecular weight excluding hydrogens is 294 g/mol. The molecule has 2 rings (SSSR count). The molecule has 1 fully saturated rings. The van der Waals surface area contributed by atoms with Gasteiger partial charge < -0.3 is 15.2 Å². The second-order valence-corrected chi connectivity index (χ2v) is 5.47. The lowest BCUT2D eigenvalue weighted by molar-refractivity contribution is -0.149. The summed E-state index contributed by atoms with van der Waals surface area (Å²) in [6.45, 7) is 0.352. The van der Waals surface area contributed by atoms with Crippen molar-refractivity contribution in [3.05, 3.63) is 34.9 Å². The van der Waals surface area contributed by atoms with E-state index in [-0.39, 0.29) is 12.0 Å². The average Bonchev–Trinajstić information content (AvgIpc) is 2.93. The second kappa shape index (κ2) is 7.43. The monoisotopic (exact) mass is 311 g/mol. The largest absolute Gasteiger partial charge is 0.479 e. The fraction of sp³-hybridized carbons (Fsp3) is 0.467. The normalized spacial score (nSPS) is 21.2. The zero-order valence-electron chi connectivity index (χ0n) is 11.5. The number of carboxylic acids is 1. The molecule has 1 saturated heterocycles. The second-order valence-electron chi connectivity index (χ2n) is 5.06. The van der Waals surface area contributed by atoms with E-state index in [1.807, 2.05) is 18.2 Å². The van der Waals surface area contributed by atoms with Crippen molar-refractivity contribution < 1.29 is 19.4 Å². The highest BCUT2D eigenvalue weighted by Gasteiger charge is 2.30. The number of aliphatic carboxylic acids is 1. The van der Waals surface area contributed by atoms with Gasteiger partial charge >= 0.3 is 5.97 Å². The van der Waals surface area contributed by atoms with Gasteiger partial charge in [-0.1, -0.05) is 29.8 Å². The lowest BCUT2D eigenvalue weighted by Crippen LogP contribution is -2.33. The van der Waals surface area contributed by atoms with E-state index < -0.39 is 12.1 Å². The minimum absolute atomic E-state index is 0.0858. The molecule has 0 bridgehead atoms. The standard InChI is InChI=1S/C15H18ClNO4/c16-12-4-2-1-3-10(12)5-8-14(18)17-9-11-6-7-13(21-11)15(19)20/h1-4,11,13H,5-9H2,(H,17,18)(H,19,20). The summed E-state index contributed by atoms with van der Waals surface area (Å²) in [6.07, 6.45) is 1.12. The predicted molar refractivity (Wildman–Crippen MR) is 78.3 cm³/mol. The lowest BCUT2D eigenvalue weighted by atomic mass is 10.1. The summed E-state index contributed by atoms with van der Waals surface area (Å²) < 4.78 is 5.32. The molecule has 2 N–H and O–H groups in total. The van der Waals surface area contributed by atoms with E-state index in [4.69, 9.17) is 21.4 Å². The fourth-order valence-corrected chi connectivity index (χ4v) is 2.53. The molecule has 5 nitrogen and oxygen atoms in total. The number of amides is 1. The van der Waals surface area contributed by atoms with Gasteiger partial charge in [0.25, 0.3) is 0 Å². The molecule has 0 saturated carbocycles. The average molecular weight is 312 g/mol. The molecule has 1 heterocycles. The fourth-order valence-electron chi connectivity index (χ4n) is 2.30. The van der Waals surface area contributed by atoms with Crippen molar-refractivity contribution in [2.45, 2.75) is 37.9 Å². The summed E-state index contributed by atoms with van der Waals surface area (Å²) in [5, 5.41) is 12.3. The van der Waals surface area contributed by atoms with Crippen LogP contribution in [0.1, 0.15) is 24.8 Å². The Morgan fingerprint density at radius 1 is 1.33 bits per heavy atom. The third-order valence-corrected chi connectivity index (χ3v) is 3.86. The van der Waals surface area contributed by atoms with E-state index in [1.54, 1.807) is 6.07 Å². The molecule has 0 radical (unpaired) electrons. The molecule has 0 spiro atoms. The first kappa shape index (κ1) is 15.8. The molecule has 1 aliphatic rings. The molecule has 0 aromatic heterocycles. The van der Waals surface area contributed by atoms with Crippen LogP contribution < -0.4 is 5.32 Å². The number of carbonyl (C=O) groups excluding carboxylic acids is 1. The summed E-state index contributed by atoms with van der Waals surface area (Å²) in [4.78, 5) is 22.5. The molecule has 1 aliphatic heterocycles. The molecule has 114 valence electrons. The maximum Gasteiger partial charge on any atom is 0.332 e. The number of carbonyl (C=O) groups is 2. The van der Waals surface area contributed by atoms with Crippen LogP contribution in [0.5, 0.6) is 0 Å². The van der Waals surface area contributed by atoms with Crippen molar-refractivity contribution in [3.63, 3.8) is 0 Å². The first-order valence-electron chi connectivity index (χ1n) is 6.94. The van der Waals surface area contributed by atoms with Gasteiger partial charge in [0, 0.05) is 18.0 Å². The highest BCUT2D eigenvalue weighted by molar-refractivity contribution is 6.31. The van der Waals surface area contributed by atoms with Gasteiger partial charge in [0.05, 0.1) is 6.10 Å². The minimum atomic E-state index is -0.942. The van der Waals surface area contributed by atoms with Crippen LogP contribution >= 0.6 is 11.6 Å². The van der Waals surface area contributed by atoms with E-state index in [0.29, 0.717) is 37.3 Å². The van der Waals surface area contributed by atoms with E-state index in [0.717, 1.165) is 5.56 Å². The Balaban J connectivity index is 1.69. The quantitative estimate of drug-likeness (QED) is 0.843. The molecule has 0 aliphatic carbocycles. The van der Waals surface area contributed by atoms with Crippen molar-refractivity contribution in [1.82, 2.24) is 5.32 Å². The van der Waals surface area contributed by atoms with Crippen LogP contribution in [0.15, 0.2) is 24.3 Å². The number of aryl methyl sites for hydroxylation is 1. The molecule has 2 atom stereocenters. The van der Waals surface area contributed by atoms with Crippen molar-refractivity contribution in [2.75, 3.05) is 6.54 Å². The van der Waals surface area contributed by atoms with Crippen molar-refractivity contribution >= 4 is 23.5 Å². The number of hydrogen-bond donors (Lipinski definition) is 2. The number of nitrogens with one attached hydrogen (secondary N) is 1. The molecule has 1 aromatic rings. The maximum atomic E-state index is 11.8. The van der Waals surface area contributed by atoms with Gasteiger partial charge in [0.15, 0.2) is 6.10 Å². The number of benzene rings is 1. The van der Waals surface area contributed by atoms with Gasteiger partial charge in [-0.3, -0.25) is 4.79 Å². The first-order valence-corrected chi connectivity index (χ1v) is 7.32. The third-order valence-electron chi connectivity index (χ3n) is 3.49. The zero-order chi connectivity index (χ0) is 15.2. The SMILES string of the molecule is O=C(CCc1ccccc1Cl)NCC1CCC(C(=O)O)O1. The Bertz CT molecular complexity index is 520. The van der Waals surface area contributed by atoms with Crippen LogP contribution in [0.2, 0.25) is 5.02 Å². The van der Waals surface area contributed by atoms with Gasteiger partial charge in [-0.05, 0) is 30.9 Å². The number of hydrogen-bond acceptors (Lipinski definition) is 3. The highest BCUT2D eigenvalue weighted by Crippen LogP contribution is 2.19. The van der Waals surface area contributed by atoms with Crippen LogP contribution in [0.3, 0.4) is 0 Å². The molecule has 21 heavy (non-hydrogen) atoms. The Morgan fingerprint density at radius 2 is 2.10 bits per heavy atom. The number of ether oxygens (including phenoxy) is 1. The minimum Gasteiger partial charge on any atom is -0.479 e. The number of rotatable bonds is 6. The summed E-state index contributed by atoms with van der Waals surface area (Å²) >= 11 is 6.03. The van der Waals surface area contributed by atoms with E-state index in [9.17, 15) is 9.59 Å². The zero-order valence-corrected chi connectivity index (χ0v) is 12.3. The highest BCUT2D eigenvalue weighted by atomic mass is 35.5. The maximum absolute atomic E-state index is 11.8. The van der Waals surface area contributed by atoms with E-state index in [2.05, 4.69) is 5.32 Å². The Morgan fingerprint density at radius 3 is 2.76 bits per heavy atom. The topological polar surface area (TPSA) is 75.6 Å². The van der Waals surface area contributed by atoms with Gasteiger partial charge in [-0.25, -0.2) is 4.79 Å². The Kier molecular flexibility index (Phi) is 5.59. The summed E-state index contributed by atoms with van der Waals surface area (Å²) in [5.74, 6) is -1.03. The number of halogens is 1. The van der Waals surface area contributed by atoms with Crippen LogP contribution in [0.4, 0.5) is 0 Å². The molecule has 6 heteroatoms. The van der Waals surface area contributed by atoms with Gasteiger partial charge in [-0.15, -0.1) is 0 Å². The smallest absolute Gasteiger partial charge is 0.332 e. The Labute approximate surface area is 128 Å². The van der Waals surface area contributed by atoms with Crippen LogP contribution in [0, 0.1) is 0 Å². The lowest BCUT2D eigenvalue weighted by Gasteiger charge is -2.12. The van der Waals surface area contributed by atoms with Crippen molar-refractivity contribution in [2.24, 2.45) is 0 Å². The molecule has 2 unspecified atom stereocenters. The van der Waals surface area contributed by atoms with Gasteiger partial charge in [0.2, 0.25) is 5.91 Å². The van der Waals surface area contributed by atoms with Crippen LogP contribution in [0.25, 0.3) is 0 Å². The van der Waals surface area contributed by atoms with Gasteiger partial charge in [-0.2, -0.15) is 0 Å². The summed E-state index contributed by atoms with van der Waals surface area (Å²) in [5.41, 5.74) is 0.942. The van der Waals surface area contributed by atoms with Crippen molar-refractivity contribution in [3.8, 4) is 0 Å². The van der Waals surface area contributed by atoms with Crippen LogP contribution in [-0.2, 0) is 20.7 Å². The Hall–Kier alpha value is -1.59. The predicted octanol–water partition coefficient (Wildman–Crippen LogP) is 2.02. The van der Waals surface area contributed by atoms with E-state index >= 15 is 0 Å². The van der Waals surface area contributed by atoms with Crippen molar-refractivity contribution in [1.29, 1.82) is 0 Å². The first-order chi connectivity index (χ1) is 10.1. The molecule has 1 aromatic carbocycles. The van der Waals surface area contributed by atoms with Gasteiger partial charge in [0.1, 0.15) is 0 Å². The summed E-state index contributed by atoms with van der Waals surface area (Å²) in [6, 6.07) is 7.43. The third kappa shape index (κ3) is 4.72. The van der Waals surface area contributed by atoms with E-state index in [1.165, 1.54) is 0 Å². The molecular formula is C15H18ClNO4. The molecule has 1 amide bonds. The number of carboxylic acid groups (broad SMARTS) is 1. The summed E-state index contributed by atoms with van der Waals surface area (Å²) in [7, 11) is 0. The van der Waals surface area contributed by atoms with Crippen LogP contribution in [-0.4, -0.2) is 35.7 Å².